The molecule has 2 N–H and O–H groups in total. The minimum absolute atomic E-state index is 0.0291. The number of carbonyl (C=O) groups is 2. The van der Waals surface area contributed by atoms with Gasteiger partial charge in [0.25, 0.3) is 11.8 Å². The molecule has 0 aromatic heterocycles. The van der Waals surface area contributed by atoms with Crippen LogP contribution in [0, 0.1) is 13.8 Å². The van der Waals surface area contributed by atoms with Crippen molar-refractivity contribution in [2.24, 2.45) is 0 Å². The van der Waals surface area contributed by atoms with E-state index in [9.17, 15) is 9.59 Å². The largest absolute Gasteiger partial charge is 0.490 e. The highest BCUT2D eigenvalue weighted by Gasteiger charge is 2.25. The summed E-state index contributed by atoms with van der Waals surface area (Å²) >= 11 is 0. The zero-order valence-corrected chi connectivity index (χ0v) is 25.4. The van der Waals surface area contributed by atoms with E-state index in [0.717, 1.165) is 53.0 Å². The van der Waals surface area contributed by atoms with Crippen LogP contribution in [-0.4, -0.2) is 47.4 Å². The van der Waals surface area contributed by atoms with E-state index in [2.05, 4.69) is 19.1 Å². The predicted molar refractivity (Wildman–Crippen MR) is 172 cm³/mol. The first kappa shape index (κ1) is 29.3. The van der Waals surface area contributed by atoms with Crippen LogP contribution >= 0.6 is 0 Å². The summed E-state index contributed by atoms with van der Waals surface area (Å²) < 4.78 is 12.4. The van der Waals surface area contributed by atoms with Crippen molar-refractivity contribution in [3.63, 3.8) is 0 Å². The lowest BCUT2D eigenvalue weighted by Crippen LogP contribution is -2.41. The van der Waals surface area contributed by atoms with Gasteiger partial charge >= 0.3 is 0 Å². The molecule has 0 spiro atoms. The molecule has 2 aliphatic rings. The summed E-state index contributed by atoms with van der Waals surface area (Å²) in [6, 6.07) is 27.1. The maximum Gasteiger partial charge on any atom is 0.254 e. The number of ether oxygens (including phenoxy) is 2. The van der Waals surface area contributed by atoms with E-state index in [1.807, 2.05) is 65.3 Å². The zero-order valence-electron chi connectivity index (χ0n) is 25.4. The fourth-order valence-electron chi connectivity index (χ4n) is 5.97. The third-order valence-corrected chi connectivity index (χ3v) is 8.64. The van der Waals surface area contributed by atoms with Crippen LogP contribution in [0.3, 0.4) is 0 Å². The molecule has 0 aliphatic carbocycles. The quantitative estimate of drug-likeness (QED) is 0.254. The molecule has 2 heterocycles. The van der Waals surface area contributed by atoms with Gasteiger partial charge in [0.1, 0.15) is 24.2 Å². The number of aryl methyl sites for hydroxylation is 2. The van der Waals surface area contributed by atoms with Crippen LogP contribution in [0.5, 0.6) is 11.5 Å². The monoisotopic (exact) mass is 589 g/mol. The molecule has 2 aliphatic heterocycles. The molecular weight excluding hydrogens is 550 g/mol. The number of fused-ring (bicyclic) bond motifs is 1. The first-order valence-corrected chi connectivity index (χ1v) is 15.3. The Balaban J connectivity index is 0.988. The van der Waals surface area contributed by atoms with Gasteiger partial charge in [-0.15, -0.1) is 0 Å². The van der Waals surface area contributed by atoms with Crippen molar-refractivity contribution in [3.8, 4) is 11.5 Å². The molecule has 4 aromatic rings. The van der Waals surface area contributed by atoms with Crippen LogP contribution in [0.15, 0.2) is 84.9 Å². The van der Waals surface area contributed by atoms with E-state index in [4.69, 9.17) is 15.2 Å². The number of nitrogen functional groups attached to an aromatic ring is 1. The average molecular weight is 590 g/mol. The van der Waals surface area contributed by atoms with Crippen LogP contribution in [-0.2, 0) is 19.6 Å². The highest BCUT2D eigenvalue weighted by Crippen LogP contribution is 2.29. The second-order valence-corrected chi connectivity index (χ2v) is 11.9. The number of hydrogen-bond donors (Lipinski definition) is 1. The Morgan fingerprint density at radius 3 is 2.09 bits per heavy atom. The first-order valence-electron chi connectivity index (χ1n) is 15.3. The maximum atomic E-state index is 13.0. The van der Waals surface area contributed by atoms with Crippen LogP contribution < -0.4 is 15.2 Å². The summed E-state index contributed by atoms with van der Waals surface area (Å²) in [4.78, 5) is 29.7. The number of benzene rings is 4. The Hall–Kier alpha value is -4.78. The predicted octanol–water partition coefficient (Wildman–Crippen LogP) is 6.35. The molecule has 1 saturated heterocycles. The van der Waals surface area contributed by atoms with Crippen molar-refractivity contribution in [2.45, 2.75) is 52.4 Å². The summed E-state index contributed by atoms with van der Waals surface area (Å²) in [6.45, 7) is 7.21. The minimum atomic E-state index is 0.0291. The zero-order chi connectivity index (χ0) is 30.6. The lowest BCUT2D eigenvalue weighted by molar-refractivity contribution is 0.0595. The van der Waals surface area contributed by atoms with E-state index >= 15 is 0 Å². The molecule has 7 heteroatoms. The molecule has 7 nitrogen and oxygen atoms in total. The third kappa shape index (κ3) is 6.72. The topological polar surface area (TPSA) is 85.1 Å². The second kappa shape index (κ2) is 12.8. The molecule has 2 amide bonds. The molecule has 4 aromatic carbocycles. The van der Waals surface area contributed by atoms with Gasteiger partial charge in [0.05, 0.1) is 0 Å². The van der Waals surface area contributed by atoms with Gasteiger partial charge < -0.3 is 25.0 Å². The molecule has 1 fully saturated rings. The number of hydrogen-bond acceptors (Lipinski definition) is 5. The van der Waals surface area contributed by atoms with Crippen molar-refractivity contribution >= 4 is 17.5 Å². The van der Waals surface area contributed by atoms with Crippen molar-refractivity contribution < 1.29 is 19.1 Å². The smallest absolute Gasteiger partial charge is 0.254 e. The molecule has 44 heavy (non-hydrogen) atoms. The van der Waals surface area contributed by atoms with Crippen molar-refractivity contribution in [2.75, 3.05) is 25.4 Å². The summed E-state index contributed by atoms with van der Waals surface area (Å²) in [6.07, 6.45) is 2.51. The van der Waals surface area contributed by atoms with E-state index in [1.54, 1.807) is 24.3 Å². The van der Waals surface area contributed by atoms with E-state index in [0.29, 0.717) is 44.0 Å². The van der Waals surface area contributed by atoms with E-state index in [1.165, 1.54) is 11.1 Å². The fraction of sp³-hybridized carbons (Fsp3) is 0.297. The highest BCUT2D eigenvalue weighted by molar-refractivity contribution is 5.95. The van der Waals surface area contributed by atoms with Crippen LogP contribution in [0.2, 0.25) is 0 Å². The SMILES string of the molecule is Cc1ccc(C(=O)N2CCC(Oc3ccc(COc4cc(C)c5c(c4)CCN(C(=O)c4ccc(N)cc4)C5)cc3)CC2)cc1. The number of nitrogens with two attached hydrogens (primary N) is 1. The number of carbonyl (C=O) groups excluding carboxylic acids is 2. The molecule has 0 radical (unpaired) electrons. The second-order valence-electron chi connectivity index (χ2n) is 11.9. The molecule has 226 valence electrons. The number of amides is 2. The normalized spacial score (nSPS) is 15.0. The Bertz CT molecular complexity index is 1620. The summed E-state index contributed by atoms with van der Waals surface area (Å²) in [5.74, 6) is 1.79. The van der Waals surface area contributed by atoms with Crippen molar-refractivity contribution in [1.29, 1.82) is 0 Å². The first-order chi connectivity index (χ1) is 21.3. The minimum Gasteiger partial charge on any atom is -0.490 e. The standard InChI is InChI=1S/C37H39N3O4/c1-25-3-7-28(8-4-25)36(41)39-19-16-33(17-20-39)44-32-13-5-27(6-14-32)24-43-34-21-26(2)35-23-40(18-15-30(35)22-34)37(42)29-9-11-31(38)12-10-29/h3-14,21-22,33H,15-20,23-24,38H2,1-2H3. The Kier molecular flexibility index (Phi) is 8.55. The highest BCUT2D eigenvalue weighted by atomic mass is 16.5. The summed E-state index contributed by atoms with van der Waals surface area (Å²) in [5, 5.41) is 0. The molecule has 0 atom stereocenters. The van der Waals surface area contributed by atoms with Crippen LogP contribution in [0.1, 0.15) is 61.4 Å². The van der Waals surface area contributed by atoms with Gasteiger partial charge in [-0.3, -0.25) is 9.59 Å². The summed E-state index contributed by atoms with van der Waals surface area (Å²) in [7, 11) is 0. The number of nitrogens with zero attached hydrogens (tertiary/aromatic N) is 2. The van der Waals surface area contributed by atoms with Gasteiger partial charge in [-0.2, -0.15) is 0 Å². The molecule has 0 bridgehead atoms. The van der Waals surface area contributed by atoms with E-state index < -0.39 is 0 Å². The lowest BCUT2D eigenvalue weighted by atomic mass is 9.94. The Morgan fingerprint density at radius 2 is 1.41 bits per heavy atom. The number of piperidine rings is 1. The van der Waals surface area contributed by atoms with E-state index in [-0.39, 0.29) is 17.9 Å². The number of rotatable bonds is 7. The maximum absolute atomic E-state index is 13.0. The van der Waals surface area contributed by atoms with Crippen molar-refractivity contribution in [3.05, 3.63) is 124 Å². The number of anilines is 1. The fourth-order valence-corrected chi connectivity index (χ4v) is 5.97. The van der Waals surface area contributed by atoms with Gasteiger partial charge in [-0.25, -0.2) is 0 Å². The third-order valence-electron chi connectivity index (χ3n) is 8.64. The van der Waals surface area contributed by atoms with Gasteiger partial charge in [0.2, 0.25) is 0 Å². The Morgan fingerprint density at radius 1 is 0.773 bits per heavy atom. The summed E-state index contributed by atoms with van der Waals surface area (Å²) in [5.41, 5.74) is 13.6. The molecule has 0 saturated carbocycles. The molecule has 0 unspecified atom stereocenters. The molecular formula is C37H39N3O4. The van der Waals surface area contributed by atoms with Crippen LogP contribution in [0.4, 0.5) is 5.69 Å². The van der Waals surface area contributed by atoms with Gasteiger partial charge in [0.15, 0.2) is 0 Å². The number of likely N-dealkylation sites (tertiary alicyclic amines) is 1. The van der Waals surface area contributed by atoms with Gasteiger partial charge in [-0.05, 0) is 103 Å². The van der Waals surface area contributed by atoms with Gasteiger partial charge in [-0.1, -0.05) is 29.8 Å². The van der Waals surface area contributed by atoms with Gasteiger partial charge in [0, 0.05) is 55.8 Å². The van der Waals surface area contributed by atoms with Crippen molar-refractivity contribution in [1.82, 2.24) is 9.80 Å². The van der Waals surface area contributed by atoms with Crippen LogP contribution in [0.25, 0.3) is 0 Å². The molecule has 6 rings (SSSR count). The average Bonchev–Trinajstić information content (AvgIpc) is 3.05. The lowest BCUT2D eigenvalue weighted by Gasteiger charge is -2.32. The Labute approximate surface area is 259 Å².